The van der Waals surface area contributed by atoms with Crippen molar-refractivity contribution in [2.24, 2.45) is 0 Å². The van der Waals surface area contributed by atoms with Gasteiger partial charge in [-0.15, -0.1) is 0 Å². The van der Waals surface area contributed by atoms with Crippen molar-refractivity contribution < 1.29 is 18.8 Å². The fourth-order valence-corrected chi connectivity index (χ4v) is 3.93. The molecule has 7 heteroatoms. The van der Waals surface area contributed by atoms with Crippen molar-refractivity contribution in [1.29, 1.82) is 0 Å². The number of rotatable bonds is 6. The summed E-state index contributed by atoms with van der Waals surface area (Å²) in [5.74, 6) is 2.84. The number of ether oxygens (including phenoxy) is 2. The topological polar surface area (TPSA) is 77.7 Å². The molecule has 2 atom stereocenters. The molecule has 28 heavy (non-hydrogen) atoms. The number of carbonyl (C=O) groups is 1. The average Bonchev–Trinajstić information content (AvgIpc) is 3.15. The molecular formula is C21H25N3O4. The summed E-state index contributed by atoms with van der Waals surface area (Å²) in [6, 6.07) is 7.41. The van der Waals surface area contributed by atoms with Crippen molar-refractivity contribution >= 4 is 5.91 Å². The number of aromatic nitrogens is 2. The zero-order valence-corrected chi connectivity index (χ0v) is 15.9. The Morgan fingerprint density at radius 3 is 2.96 bits per heavy atom. The maximum atomic E-state index is 12.9. The van der Waals surface area contributed by atoms with Gasteiger partial charge in [0.2, 0.25) is 5.89 Å². The van der Waals surface area contributed by atoms with Crippen LogP contribution in [-0.2, 0) is 4.74 Å². The highest BCUT2D eigenvalue weighted by atomic mass is 16.5. The van der Waals surface area contributed by atoms with Crippen LogP contribution in [0.15, 0.2) is 28.8 Å². The van der Waals surface area contributed by atoms with Crippen LogP contribution in [0.5, 0.6) is 5.75 Å². The maximum absolute atomic E-state index is 12.9. The number of benzene rings is 1. The van der Waals surface area contributed by atoms with E-state index < -0.39 is 0 Å². The fraction of sp³-hybridized carbons (Fsp3) is 0.571. The lowest BCUT2D eigenvalue weighted by molar-refractivity contribution is 0.0678. The molecule has 1 aromatic carbocycles. The van der Waals surface area contributed by atoms with Crippen LogP contribution in [0, 0.1) is 0 Å². The molecule has 5 rings (SSSR count). The molecule has 2 aromatic rings. The minimum Gasteiger partial charge on any atom is -0.491 e. The summed E-state index contributed by atoms with van der Waals surface area (Å²) in [7, 11) is 0. The molecule has 3 fully saturated rings. The molecule has 0 N–H and O–H groups in total. The predicted octanol–water partition coefficient (Wildman–Crippen LogP) is 3.13. The van der Waals surface area contributed by atoms with Gasteiger partial charge in [0, 0.05) is 31.2 Å². The average molecular weight is 383 g/mol. The molecule has 7 nitrogen and oxygen atoms in total. The van der Waals surface area contributed by atoms with Crippen molar-refractivity contribution in [2.45, 2.75) is 50.0 Å². The summed E-state index contributed by atoms with van der Waals surface area (Å²) in [5.41, 5.74) is 0.648. The van der Waals surface area contributed by atoms with Crippen LogP contribution in [0.4, 0.5) is 0 Å². The van der Waals surface area contributed by atoms with Crippen LogP contribution in [0.1, 0.15) is 66.0 Å². The van der Waals surface area contributed by atoms with Crippen LogP contribution in [0.25, 0.3) is 0 Å². The van der Waals surface area contributed by atoms with E-state index in [9.17, 15) is 4.79 Å². The number of amides is 1. The smallest absolute Gasteiger partial charge is 0.254 e. The molecule has 1 aliphatic carbocycles. The zero-order valence-electron chi connectivity index (χ0n) is 15.9. The molecule has 2 saturated heterocycles. The summed E-state index contributed by atoms with van der Waals surface area (Å²) in [5, 5.41) is 4.10. The fourth-order valence-electron chi connectivity index (χ4n) is 3.93. The lowest BCUT2D eigenvalue weighted by Gasteiger charge is -2.17. The first kappa shape index (κ1) is 17.7. The predicted molar refractivity (Wildman–Crippen MR) is 100 cm³/mol. The van der Waals surface area contributed by atoms with Crippen molar-refractivity contribution in [1.82, 2.24) is 15.0 Å². The molecule has 3 heterocycles. The first-order chi connectivity index (χ1) is 13.8. The monoisotopic (exact) mass is 383 g/mol. The molecule has 0 radical (unpaired) electrons. The molecule has 2 unspecified atom stereocenters. The van der Waals surface area contributed by atoms with E-state index in [2.05, 4.69) is 10.1 Å². The van der Waals surface area contributed by atoms with Gasteiger partial charge in [0.1, 0.15) is 12.4 Å². The number of likely N-dealkylation sites (tertiary alicyclic amines) is 1. The lowest BCUT2D eigenvalue weighted by Crippen LogP contribution is -2.28. The number of hydrogen-bond donors (Lipinski definition) is 0. The summed E-state index contributed by atoms with van der Waals surface area (Å²) in [6.45, 7) is 2.66. The van der Waals surface area contributed by atoms with Crippen LogP contribution in [0.2, 0.25) is 0 Å². The third kappa shape index (κ3) is 3.76. The van der Waals surface area contributed by atoms with Crippen molar-refractivity contribution in [3.05, 3.63) is 41.5 Å². The first-order valence-electron chi connectivity index (χ1n) is 10.2. The van der Waals surface area contributed by atoms with Gasteiger partial charge in [-0.05, 0) is 50.3 Å². The van der Waals surface area contributed by atoms with E-state index in [0.717, 1.165) is 44.5 Å². The summed E-state index contributed by atoms with van der Waals surface area (Å²) < 4.78 is 16.9. The standard InChI is InChI=1S/C21H25N3O4/c25-21(15-3-1-4-17(11-15)27-13-18-5-2-10-26-18)24-9-8-16(12-24)20-22-19(23-28-20)14-6-7-14/h1,3-4,11,14,16,18H,2,5-10,12-13H2. The molecule has 148 valence electrons. The van der Waals surface area contributed by atoms with Crippen LogP contribution >= 0.6 is 0 Å². The Kier molecular flexibility index (Phi) is 4.76. The van der Waals surface area contributed by atoms with Crippen molar-refractivity contribution in [3.8, 4) is 5.75 Å². The Hall–Kier alpha value is -2.41. The van der Waals surface area contributed by atoms with Gasteiger partial charge in [0.15, 0.2) is 5.82 Å². The van der Waals surface area contributed by atoms with E-state index in [1.807, 2.05) is 29.2 Å². The van der Waals surface area contributed by atoms with E-state index in [0.29, 0.717) is 42.8 Å². The third-order valence-electron chi connectivity index (χ3n) is 5.77. The third-order valence-corrected chi connectivity index (χ3v) is 5.77. The van der Waals surface area contributed by atoms with Gasteiger partial charge in [-0.3, -0.25) is 4.79 Å². The van der Waals surface area contributed by atoms with E-state index >= 15 is 0 Å². The van der Waals surface area contributed by atoms with E-state index in [1.165, 1.54) is 0 Å². The lowest BCUT2D eigenvalue weighted by atomic mass is 10.1. The molecular weight excluding hydrogens is 358 g/mol. The molecule has 1 amide bonds. The van der Waals surface area contributed by atoms with Gasteiger partial charge in [0.05, 0.1) is 12.0 Å². The highest BCUT2D eigenvalue weighted by molar-refractivity contribution is 5.94. The molecule has 1 aromatic heterocycles. The molecule has 1 saturated carbocycles. The second kappa shape index (κ2) is 7.54. The highest BCUT2D eigenvalue weighted by Crippen LogP contribution is 2.39. The molecule has 0 spiro atoms. The van der Waals surface area contributed by atoms with Gasteiger partial charge in [-0.1, -0.05) is 11.2 Å². The zero-order chi connectivity index (χ0) is 18.9. The normalized spacial score (nSPS) is 24.6. The van der Waals surface area contributed by atoms with Gasteiger partial charge in [0.25, 0.3) is 5.91 Å². The van der Waals surface area contributed by atoms with Gasteiger partial charge < -0.3 is 18.9 Å². The van der Waals surface area contributed by atoms with E-state index in [-0.39, 0.29) is 17.9 Å². The molecule has 2 aliphatic heterocycles. The molecule has 0 bridgehead atoms. The van der Waals surface area contributed by atoms with E-state index in [4.69, 9.17) is 14.0 Å². The van der Waals surface area contributed by atoms with Crippen LogP contribution in [0.3, 0.4) is 0 Å². The van der Waals surface area contributed by atoms with Crippen LogP contribution in [-0.4, -0.2) is 53.4 Å². The SMILES string of the molecule is O=C(c1cccc(OCC2CCCO2)c1)N1CCC(c2nc(C3CC3)no2)C1. The van der Waals surface area contributed by atoms with Crippen molar-refractivity contribution in [3.63, 3.8) is 0 Å². The molecule has 3 aliphatic rings. The van der Waals surface area contributed by atoms with Gasteiger partial charge in [-0.2, -0.15) is 4.98 Å². The van der Waals surface area contributed by atoms with E-state index in [1.54, 1.807) is 0 Å². The Balaban J connectivity index is 1.20. The summed E-state index contributed by atoms with van der Waals surface area (Å²) in [6.07, 6.45) is 5.44. The minimum absolute atomic E-state index is 0.0204. The summed E-state index contributed by atoms with van der Waals surface area (Å²) >= 11 is 0. The first-order valence-corrected chi connectivity index (χ1v) is 10.2. The Morgan fingerprint density at radius 2 is 2.14 bits per heavy atom. The number of carbonyl (C=O) groups excluding carboxylic acids is 1. The number of nitrogens with zero attached hydrogens (tertiary/aromatic N) is 3. The quantitative estimate of drug-likeness (QED) is 0.763. The highest BCUT2D eigenvalue weighted by Gasteiger charge is 2.34. The summed E-state index contributed by atoms with van der Waals surface area (Å²) in [4.78, 5) is 19.4. The Labute approximate surface area is 164 Å². The Bertz CT molecular complexity index is 842. The van der Waals surface area contributed by atoms with Gasteiger partial charge >= 0.3 is 0 Å². The second-order valence-corrected chi connectivity index (χ2v) is 7.98. The Morgan fingerprint density at radius 1 is 1.21 bits per heavy atom. The second-order valence-electron chi connectivity index (χ2n) is 7.98. The largest absolute Gasteiger partial charge is 0.491 e. The maximum Gasteiger partial charge on any atom is 0.254 e. The van der Waals surface area contributed by atoms with Crippen molar-refractivity contribution in [2.75, 3.05) is 26.3 Å². The minimum atomic E-state index is 0.0204. The number of hydrogen-bond acceptors (Lipinski definition) is 6. The van der Waals surface area contributed by atoms with Crippen LogP contribution < -0.4 is 4.74 Å². The van der Waals surface area contributed by atoms with Gasteiger partial charge in [-0.25, -0.2) is 0 Å².